The van der Waals surface area contributed by atoms with Gasteiger partial charge in [-0.05, 0) is 52.0 Å². The number of halogens is 3. The van der Waals surface area contributed by atoms with Gasteiger partial charge in [0.05, 0.1) is 17.1 Å². The SMILES string of the molecule is CC(C)OC(=O)C(C)(C)COc1ccc(C(F)(F)F)cc1. The highest BCUT2D eigenvalue weighted by atomic mass is 19.4. The second kappa shape index (κ2) is 6.37. The average Bonchev–Trinajstić information content (AvgIpc) is 2.35. The van der Waals surface area contributed by atoms with Crippen LogP contribution in [-0.2, 0) is 15.7 Å². The van der Waals surface area contributed by atoms with Gasteiger partial charge < -0.3 is 9.47 Å². The first kappa shape index (κ1) is 17.3. The molecule has 3 nitrogen and oxygen atoms in total. The third-order valence-corrected chi connectivity index (χ3v) is 2.68. The van der Waals surface area contributed by atoms with Crippen LogP contribution in [0.3, 0.4) is 0 Å². The van der Waals surface area contributed by atoms with Crippen molar-refractivity contribution in [3.63, 3.8) is 0 Å². The van der Waals surface area contributed by atoms with E-state index in [1.165, 1.54) is 12.1 Å². The third kappa shape index (κ3) is 5.28. The molecule has 0 aromatic heterocycles. The Morgan fingerprint density at radius 1 is 1.14 bits per heavy atom. The van der Waals surface area contributed by atoms with Crippen molar-refractivity contribution in [3.05, 3.63) is 29.8 Å². The van der Waals surface area contributed by atoms with Gasteiger partial charge in [-0.2, -0.15) is 13.2 Å². The summed E-state index contributed by atoms with van der Waals surface area (Å²) in [6, 6.07) is 4.34. The lowest BCUT2D eigenvalue weighted by Crippen LogP contribution is -2.34. The van der Waals surface area contributed by atoms with Crippen molar-refractivity contribution in [2.45, 2.75) is 40.0 Å². The molecule has 1 aromatic rings. The molecule has 0 aliphatic heterocycles. The first-order chi connectivity index (χ1) is 9.52. The number of ether oxygens (including phenoxy) is 2. The molecule has 0 N–H and O–H groups in total. The van der Waals surface area contributed by atoms with Crippen LogP contribution in [0.15, 0.2) is 24.3 Å². The Bertz CT molecular complexity index is 476. The summed E-state index contributed by atoms with van der Waals surface area (Å²) < 4.78 is 47.7. The molecule has 0 amide bonds. The monoisotopic (exact) mass is 304 g/mol. The predicted octanol–water partition coefficient (Wildman–Crippen LogP) is 4.06. The van der Waals surface area contributed by atoms with Crippen LogP contribution < -0.4 is 4.74 Å². The molecule has 0 atom stereocenters. The van der Waals surface area contributed by atoms with E-state index in [2.05, 4.69) is 0 Å². The Hall–Kier alpha value is -1.72. The molecule has 0 saturated heterocycles. The van der Waals surface area contributed by atoms with Crippen LogP contribution in [-0.4, -0.2) is 18.7 Å². The van der Waals surface area contributed by atoms with Gasteiger partial charge in [0.15, 0.2) is 0 Å². The average molecular weight is 304 g/mol. The number of rotatable bonds is 5. The number of esters is 1. The van der Waals surface area contributed by atoms with Gasteiger partial charge in [-0.15, -0.1) is 0 Å². The van der Waals surface area contributed by atoms with Crippen LogP contribution in [0.25, 0.3) is 0 Å². The molecular weight excluding hydrogens is 285 g/mol. The molecule has 0 spiro atoms. The molecule has 0 fully saturated rings. The van der Waals surface area contributed by atoms with Crippen molar-refractivity contribution in [1.29, 1.82) is 0 Å². The molecule has 0 unspecified atom stereocenters. The number of hydrogen-bond acceptors (Lipinski definition) is 3. The minimum Gasteiger partial charge on any atom is -0.492 e. The Morgan fingerprint density at radius 3 is 2.10 bits per heavy atom. The van der Waals surface area contributed by atoms with E-state index >= 15 is 0 Å². The zero-order chi connectivity index (χ0) is 16.3. The fraction of sp³-hybridized carbons (Fsp3) is 0.533. The molecule has 1 aromatic carbocycles. The Labute approximate surface area is 122 Å². The molecule has 1 rings (SSSR count). The Morgan fingerprint density at radius 2 is 1.67 bits per heavy atom. The molecular formula is C15H19F3O3. The van der Waals surface area contributed by atoms with Crippen LogP contribution in [0.1, 0.15) is 33.3 Å². The van der Waals surface area contributed by atoms with Crippen molar-refractivity contribution >= 4 is 5.97 Å². The summed E-state index contributed by atoms with van der Waals surface area (Å²) in [6.07, 6.45) is -4.61. The topological polar surface area (TPSA) is 35.5 Å². The van der Waals surface area contributed by atoms with Crippen molar-refractivity contribution in [3.8, 4) is 5.75 Å². The lowest BCUT2D eigenvalue weighted by molar-refractivity contribution is -0.159. The molecule has 0 radical (unpaired) electrons. The number of hydrogen-bond donors (Lipinski definition) is 0. The van der Waals surface area contributed by atoms with E-state index in [4.69, 9.17) is 9.47 Å². The zero-order valence-electron chi connectivity index (χ0n) is 12.5. The maximum Gasteiger partial charge on any atom is 0.416 e. The molecule has 6 heteroatoms. The van der Waals surface area contributed by atoms with Crippen LogP contribution in [0.4, 0.5) is 13.2 Å². The highest BCUT2D eigenvalue weighted by Crippen LogP contribution is 2.30. The van der Waals surface area contributed by atoms with Gasteiger partial charge in [0, 0.05) is 0 Å². The summed E-state index contributed by atoms with van der Waals surface area (Å²) in [7, 11) is 0. The molecule has 21 heavy (non-hydrogen) atoms. The first-order valence-electron chi connectivity index (χ1n) is 6.53. The van der Waals surface area contributed by atoms with Crippen molar-refractivity contribution in [2.75, 3.05) is 6.61 Å². The maximum atomic E-state index is 12.4. The summed E-state index contributed by atoms with van der Waals surface area (Å²) >= 11 is 0. The summed E-state index contributed by atoms with van der Waals surface area (Å²) in [4.78, 5) is 11.8. The van der Waals surface area contributed by atoms with E-state index in [9.17, 15) is 18.0 Å². The minimum atomic E-state index is -4.38. The van der Waals surface area contributed by atoms with E-state index in [1.54, 1.807) is 27.7 Å². The Balaban J connectivity index is 2.64. The van der Waals surface area contributed by atoms with E-state index in [1.807, 2.05) is 0 Å². The molecule has 0 bridgehead atoms. The van der Waals surface area contributed by atoms with Gasteiger partial charge in [-0.3, -0.25) is 4.79 Å². The van der Waals surface area contributed by atoms with Crippen molar-refractivity contribution < 1.29 is 27.4 Å². The highest BCUT2D eigenvalue weighted by Gasteiger charge is 2.32. The van der Waals surface area contributed by atoms with Crippen molar-refractivity contribution in [2.24, 2.45) is 5.41 Å². The Kier molecular flexibility index (Phi) is 5.25. The van der Waals surface area contributed by atoms with Crippen LogP contribution in [0.2, 0.25) is 0 Å². The molecule has 0 aliphatic rings. The van der Waals surface area contributed by atoms with Gasteiger partial charge >= 0.3 is 12.1 Å². The molecule has 118 valence electrons. The second-order valence-electron chi connectivity index (χ2n) is 5.65. The molecule has 0 aliphatic carbocycles. The quantitative estimate of drug-likeness (QED) is 0.769. The lowest BCUT2D eigenvalue weighted by Gasteiger charge is -2.24. The summed E-state index contributed by atoms with van der Waals surface area (Å²) in [5.74, 6) is -0.141. The van der Waals surface area contributed by atoms with E-state index in [-0.39, 0.29) is 18.5 Å². The summed E-state index contributed by atoms with van der Waals surface area (Å²) in [5, 5.41) is 0. The zero-order valence-corrected chi connectivity index (χ0v) is 12.5. The van der Waals surface area contributed by atoms with E-state index in [0.29, 0.717) is 0 Å². The number of benzene rings is 1. The first-order valence-corrected chi connectivity index (χ1v) is 6.53. The van der Waals surface area contributed by atoms with Gasteiger partial charge in [-0.25, -0.2) is 0 Å². The normalized spacial score (nSPS) is 12.4. The van der Waals surface area contributed by atoms with Gasteiger partial charge in [0.1, 0.15) is 12.4 Å². The standard InChI is InChI=1S/C15H19F3O3/c1-10(2)21-13(19)14(3,4)9-20-12-7-5-11(6-8-12)15(16,17)18/h5-8,10H,9H2,1-4H3. The number of alkyl halides is 3. The molecule has 0 saturated carbocycles. The van der Waals surface area contributed by atoms with Crippen LogP contribution in [0, 0.1) is 5.41 Å². The van der Waals surface area contributed by atoms with Gasteiger partial charge in [0.2, 0.25) is 0 Å². The van der Waals surface area contributed by atoms with Crippen molar-refractivity contribution in [1.82, 2.24) is 0 Å². The fourth-order valence-electron chi connectivity index (χ4n) is 1.44. The van der Waals surface area contributed by atoms with Gasteiger partial charge in [0.25, 0.3) is 0 Å². The predicted molar refractivity (Wildman–Crippen MR) is 71.9 cm³/mol. The molecule has 0 heterocycles. The largest absolute Gasteiger partial charge is 0.492 e. The maximum absolute atomic E-state index is 12.4. The lowest BCUT2D eigenvalue weighted by atomic mass is 9.95. The highest BCUT2D eigenvalue weighted by molar-refractivity contribution is 5.76. The van der Waals surface area contributed by atoms with Crippen LogP contribution >= 0.6 is 0 Å². The fourth-order valence-corrected chi connectivity index (χ4v) is 1.44. The second-order valence-corrected chi connectivity index (χ2v) is 5.65. The third-order valence-electron chi connectivity index (χ3n) is 2.68. The van der Waals surface area contributed by atoms with Gasteiger partial charge in [-0.1, -0.05) is 0 Å². The van der Waals surface area contributed by atoms with E-state index in [0.717, 1.165) is 12.1 Å². The minimum absolute atomic E-state index is 0.0178. The number of carbonyl (C=O) groups excluding carboxylic acids is 1. The number of carbonyl (C=O) groups is 1. The summed E-state index contributed by atoms with van der Waals surface area (Å²) in [6.45, 7) is 6.81. The van der Waals surface area contributed by atoms with Crippen LogP contribution in [0.5, 0.6) is 5.75 Å². The van der Waals surface area contributed by atoms with E-state index < -0.39 is 23.1 Å². The summed E-state index contributed by atoms with van der Waals surface area (Å²) in [5.41, 5.74) is -1.62. The smallest absolute Gasteiger partial charge is 0.416 e.